The van der Waals surface area contributed by atoms with Gasteiger partial charge in [-0.25, -0.2) is 0 Å². The van der Waals surface area contributed by atoms with E-state index in [1.165, 1.54) is 0 Å². The fourth-order valence-corrected chi connectivity index (χ4v) is 1.40. The summed E-state index contributed by atoms with van der Waals surface area (Å²) in [7, 11) is 0. The van der Waals surface area contributed by atoms with E-state index < -0.39 is 29.9 Å². The summed E-state index contributed by atoms with van der Waals surface area (Å²) in [6.07, 6.45) is -0.874. The molecule has 2 atom stereocenters. The van der Waals surface area contributed by atoms with Crippen LogP contribution in [0.25, 0.3) is 0 Å². The van der Waals surface area contributed by atoms with Crippen LogP contribution < -0.4 is 0 Å². The minimum atomic E-state index is -1.32. The molecule has 0 radical (unpaired) electrons. The normalized spacial score (nSPS) is 17.1. The molecule has 0 spiro atoms. The van der Waals surface area contributed by atoms with Crippen LogP contribution in [-0.4, -0.2) is 33.4 Å². The van der Waals surface area contributed by atoms with Crippen LogP contribution in [0.3, 0.4) is 0 Å². The van der Waals surface area contributed by atoms with E-state index in [-0.39, 0.29) is 12.8 Å². The Labute approximate surface area is 82.4 Å². The largest absolute Gasteiger partial charge is 0.481 e. The quantitative estimate of drug-likeness (QED) is 0.588. The van der Waals surface area contributed by atoms with E-state index in [1.807, 2.05) is 0 Å². The van der Waals surface area contributed by atoms with Crippen molar-refractivity contribution in [2.24, 2.45) is 11.8 Å². The molecule has 5 nitrogen and oxygen atoms in total. The molecule has 0 fully saturated rings. The van der Waals surface area contributed by atoms with Gasteiger partial charge in [0.15, 0.2) is 0 Å². The number of carbonyl (C=O) groups is 2. The van der Waals surface area contributed by atoms with Crippen LogP contribution in [0.5, 0.6) is 0 Å². The van der Waals surface area contributed by atoms with Gasteiger partial charge in [-0.1, -0.05) is 13.8 Å². The maximum atomic E-state index is 10.7. The number of hydrogen-bond acceptors (Lipinski definition) is 3. The Kier molecular flexibility index (Phi) is 5.15. The molecule has 0 aromatic rings. The summed E-state index contributed by atoms with van der Waals surface area (Å²) >= 11 is 0. The van der Waals surface area contributed by atoms with Gasteiger partial charge in [-0.05, 0) is 12.8 Å². The number of aliphatic hydroxyl groups is 1. The van der Waals surface area contributed by atoms with Crippen LogP contribution in [-0.2, 0) is 9.59 Å². The molecule has 0 amide bonds. The Balaban J connectivity index is 4.61. The topological polar surface area (TPSA) is 94.8 Å². The summed E-state index contributed by atoms with van der Waals surface area (Å²) in [5.74, 6) is -4.31. The first-order chi connectivity index (χ1) is 6.45. The molecule has 0 aromatic carbocycles. The van der Waals surface area contributed by atoms with Crippen LogP contribution in [0.15, 0.2) is 0 Å². The first-order valence-electron chi connectivity index (χ1n) is 4.59. The maximum Gasteiger partial charge on any atom is 0.309 e. The van der Waals surface area contributed by atoms with Gasteiger partial charge in [-0.15, -0.1) is 0 Å². The number of carboxylic acids is 2. The van der Waals surface area contributed by atoms with Crippen molar-refractivity contribution in [1.82, 2.24) is 0 Å². The molecule has 0 aliphatic rings. The zero-order valence-electron chi connectivity index (χ0n) is 8.30. The highest BCUT2D eigenvalue weighted by molar-refractivity contribution is 5.75. The standard InChI is InChI=1S/C9H16O5/c1-3-5(8(11)12)7(10)6(4-2)9(13)14/h5-7,10H,3-4H2,1-2H3,(H,11,12)(H,13,14). The van der Waals surface area contributed by atoms with E-state index in [0.717, 1.165) is 0 Å². The van der Waals surface area contributed by atoms with Crippen LogP contribution in [0.4, 0.5) is 0 Å². The van der Waals surface area contributed by atoms with Crippen molar-refractivity contribution < 1.29 is 24.9 Å². The lowest BCUT2D eigenvalue weighted by atomic mass is 9.87. The smallest absolute Gasteiger partial charge is 0.309 e. The first-order valence-corrected chi connectivity index (χ1v) is 4.59. The van der Waals surface area contributed by atoms with E-state index >= 15 is 0 Å². The molecule has 2 unspecified atom stereocenters. The number of rotatable bonds is 6. The van der Waals surface area contributed by atoms with Crippen molar-refractivity contribution in [3.05, 3.63) is 0 Å². The first kappa shape index (κ1) is 12.9. The fraction of sp³-hybridized carbons (Fsp3) is 0.778. The second-order valence-electron chi connectivity index (χ2n) is 3.20. The van der Waals surface area contributed by atoms with Crippen molar-refractivity contribution in [3.63, 3.8) is 0 Å². The highest BCUT2D eigenvalue weighted by atomic mass is 16.4. The maximum absolute atomic E-state index is 10.7. The highest BCUT2D eigenvalue weighted by Crippen LogP contribution is 2.20. The monoisotopic (exact) mass is 204 g/mol. The summed E-state index contributed by atoms with van der Waals surface area (Å²) in [5.41, 5.74) is 0. The lowest BCUT2D eigenvalue weighted by Crippen LogP contribution is -2.37. The van der Waals surface area contributed by atoms with Gasteiger partial charge in [0.1, 0.15) is 0 Å². The van der Waals surface area contributed by atoms with Gasteiger partial charge in [-0.2, -0.15) is 0 Å². The molecule has 3 N–H and O–H groups in total. The molecule has 14 heavy (non-hydrogen) atoms. The molecular formula is C9H16O5. The molecular weight excluding hydrogens is 188 g/mol. The van der Waals surface area contributed by atoms with E-state index in [9.17, 15) is 14.7 Å². The number of aliphatic carboxylic acids is 2. The van der Waals surface area contributed by atoms with Gasteiger partial charge in [0.2, 0.25) is 0 Å². The average molecular weight is 204 g/mol. The van der Waals surface area contributed by atoms with E-state index in [0.29, 0.717) is 0 Å². The molecule has 5 heteroatoms. The van der Waals surface area contributed by atoms with Crippen molar-refractivity contribution in [2.45, 2.75) is 32.8 Å². The van der Waals surface area contributed by atoms with Gasteiger partial charge < -0.3 is 15.3 Å². The highest BCUT2D eigenvalue weighted by Gasteiger charge is 2.34. The van der Waals surface area contributed by atoms with Gasteiger partial charge in [0, 0.05) is 0 Å². The third-order valence-electron chi connectivity index (χ3n) is 2.34. The molecule has 0 aliphatic carbocycles. The van der Waals surface area contributed by atoms with Crippen LogP contribution in [0, 0.1) is 11.8 Å². The molecule has 0 rings (SSSR count). The predicted octanol–water partition coefficient (Wildman–Crippen LogP) is 0.569. The lowest BCUT2D eigenvalue weighted by Gasteiger charge is -2.22. The van der Waals surface area contributed by atoms with Crippen LogP contribution in [0.2, 0.25) is 0 Å². The number of carboxylic acid groups (broad SMARTS) is 2. The second kappa shape index (κ2) is 5.59. The lowest BCUT2D eigenvalue weighted by molar-refractivity contribution is -0.154. The Bertz CT molecular complexity index is 191. The van der Waals surface area contributed by atoms with E-state index in [4.69, 9.17) is 10.2 Å². The average Bonchev–Trinajstić information content (AvgIpc) is 2.04. The third-order valence-corrected chi connectivity index (χ3v) is 2.34. The zero-order chi connectivity index (χ0) is 11.3. The molecule has 0 saturated carbocycles. The van der Waals surface area contributed by atoms with Crippen LogP contribution in [0.1, 0.15) is 26.7 Å². The van der Waals surface area contributed by atoms with Crippen LogP contribution >= 0.6 is 0 Å². The third kappa shape index (κ3) is 2.99. The Morgan fingerprint density at radius 3 is 1.43 bits per heavy atom. The molecule has 0 saturated heterocycles. The van der Waals surface area contributed by atoms with E-state index in [2.05, 4.69) is 0 Å². The predicted molar refractivity (Wildman–Crippen MR) is 48.8 cm³/mol. The second-order valence-corrected chi connectivity index (χ2v) is 3.20. The molecule has 82 valence electrons. The molecule has 0 bridgehead atoms. The van der Waals surface area contributed by atoms with Crippen molar-refractivity contribution in [2.75, 3.05) is 0 Å². The Hall–Kier alpha value is -1.10. The SMILES string of the molecule is CCC(C(=O)O)C(O)C(CC)C(=O)O. The van der Waals surface area contributed by atoms with Gasteiger partial charge >= 0.3 is 11.9 Å². The summed E-state index contributed by atoms with van der Waals surface area (Å²) in [5, 5.41) is 27.0. The summed E-state index contributed by atoms with van der Waals surface area (Å²) in [6.45, 7) is 3.22. The zero-order valence-corrected chi connectivity index (χ0v) is 8.30. The Morgan fingerprint density at radius 1 is 1.00 bits per heavy atom. The molecule has 0 aromatic heterocycles. The summed E-state index contributed by atoms with van der Waals surface area (Å²) < 4.78 is 0. The molecule has 0 aliphatic heterocycles. The van der Waals surface area contributed by atoms with Crippen molar-refractivity contribution in [1.29, 1.82) is 0 Å². The van der Waals surface area contributed by atoms with E-state index in [1.54, 1.807) is 13.8 Å². The number of hydrogen-bond donors (Lipinski definition) is 3. The Morgan fingerprint density at radius 2 is 1.29 bits per heavy atom. The van der Waals surface area contributed by atoms with Gasteiger partial charge in [0.05, 0.1) is 17.9 Å². The fourth-order valence-electron chi connectivity index (χ4n) is 1.40. The minimum absolute atomic E-state index is 0.222. The minimum Gasteiger partial charge on any atom is -0.481 e. The summed E-state index contributed by atoms with van der Waals surface area (Å²) in [4.78, 5) is 21.3. The molecule has 0 heterocycles. The number of aliphatic hydroxyl groups excluding tert-OH is 1. The van der Waals surface area contributed by atoms with Crippen molar-refractivity contribution in [3.8, 4) is 0 Å². The van der Waals surface area contributed by atoms with Gasteiger partial charge in [-0.3, -0.25) is 9.59 Å². The van der Waals surface area contributed by atoms with Crippen molar-refractivity contribution >= 4 is 11.9 Å². The van der Waals surface area contributed by atoms with Gasteiger partial charge in [0.25, 0.3) is 0 Å². The summed E-state index contributed by atoms with van der Waals surface area (Å²) in [6, 6.07) is 0.